The lowest BCUT2D eigenvalue weighted by Crippen LogP contribution is -2.32. The van der Waals surface area contributed by atoms with Crippen molar-refractivity contribution >= 4 is 10.0 Å². The molecule has 2 atom stereocenters. The summed E-state index contributed by atoms with van der Waals surface area (Å²) in [5.41, 5.74) is 8.42. The summed E-state index contributed by atoms with van der Waals surface area (Å²) >= 11 is 0. The van der Waals surface area contributed by atoms with E-state index < -0.39 is 10.0 Å². The second-order valence-corrected chi connectivity index (χ2v) is 9.21. The summed E-state index contributed by atoms with van der Waals surface area (Å²) in [6.45, 7) is 4.58. The van der Waals surface area contributed by atoms with Gasteiger partial charge in [-0.25, -0.2) is 8.42 Å². The number of aromatic nitrogens is 1. The van der Waals surface area contributed by atoms with Crippen LogP contribution < -0.4 is 5.73 Å². The van der Waals surface area contributed by atoms with Gasteiger partial charge in [0.1, 0.15) is 0 Å². The third-order valence-electron chi connectivity index (χ3n) is 5.32. The van der Waals surface area contributed by atoms with E-state index in [4.69, 9.17) is 10.3 Å². The van der Waals surface area contributed by atoms with Gasteiger partial charge >= 0.3 is 0 Å². The number of hydrogen-bond donors (Lipinski definition) is 1. The van der Waals surface area contributed by atoms with Gasteiger partial charge in [0.15, 0.2) is 5.76 Å². The zero-order valence-corrected chi connectivity index (χ0v) is 15.3. The first-order chi connectivity index (χ1) is 11.9. The SMILES string of the molecule is Cc1cc(-c2ccc(C)c(S(=O)(=O)N3C[C@@H](N)[C@H](C4CC4)C3)c2)on1. The van der Waals surface area contributed by atoms with E-state index >= 15 is 0 Å². The quantitative estimate of drug-likeness (QED) is 0.903. The standard InChI is InChI=1S/C18H23N3O3S/c1-11-3-4-14(17-7-12(2)20-24-17)8-18(11)25(22,23)21-9-15(13-5-6-13)16(19)10-21/h3-4,7-8,13,15-16H,5-6,9-10,19H2,1-2H3/t15-,16+/m0/s1. The largest absolute Gasteiger partial charge is 0.356 e. The van der Waals surface area contributed by atoms with Crippen LogP contribution in [0.5, 0.6) is 0 Å². The molecule has 1 aromatic carbocycles. The summed E-state index contributed by atoms with van der Waals surface area (Å²) in [4.78, 5) is 0.322. The van der Waals surface area contributed by atoms with Crippen LogP contribution in [-0.4, -0.2) is 37.0 Å². The Morgan fingerprint density at radius 2 is 1.96 bits per heavy atom. The van der Waals surface area contributed by atoms with E-state index in [0.717, 1.165) is 11.3 Å². The number of aryl methyl sites for hydroxylation is 2. The molecule has 1 saturated carbocycles. The molecule has 4 rings (SSSR count). The van der Waals surface area contributed by atoms with Crippen LogP contribution in [0.1, 0.15) is 24.1 Å². The van der Waals surface area contributed by atoms with Gasteiger partial charge in [-0.15, -0.1) is 0 Å². The molecule has 2 heterocycles. The fourth-order valence-electron chi connectivity index (χ4n) is 3.70. The molecule has 2 fully saturated rings. The van der Waals surface area contributed by atoms with Gasteiger partial charge in [-0.05, 0) is 50.2 Å². The maximum atomic E-state index is 13.2. The van der Waals surface area contributed by atoms with E-state index in [1.54, 1.807) is 16.4 Å². The van der Waals surface area contributed by atoms with Crippen molar-refractivity contribution in [1.29, 1.82) is 0 Å². The van der Waals surface area contributed by atoms with Gasteiger partial charge in [0.2, 0.25) is 10.0 Å². The van der Waals surface area contributed by atoms with Crippen molar-refractivity contribution < 1.29 is 12.9 Å². The fourth-order valence-corrected chi connectivity index (χ4v) is 5.47. The van der Waals surface area contributed by atoms with Crippen molar-refractivity contribution in [1.82, 2.24) is 9.46 Å². The summed E-state index contributed by atoms with van der Waals surface area (Å²) in [6.07, 6.45) is 2.34. The number of hydrogen-bond acceptors (Lipinski definition) is 5. The third kappa shape index (κ3) is 3.01. The number of benzene rings is 1. The Balaban J connectivity index is 1.68. The van der Waals surface area contributed by atoms with E-state index in [2.05, 4.69) is 5.16 Å². The normalized spacial score (nSPS) is 24.8. The van der Waals surface area contributed by atoms with Gasteiger partial charge in [0.05, 0.1) is 10.6 Å². The fraction of sp³-hybridized carbons (Fsp3) is 0.500. The monoisotopic (exact) mass is 361 g/mol. The summed E-state index contributed by atoms with van der Waals surface area (Å²) in [5.74, 6) is 1.46. The predicted octanol–water partition coefficient (Wildman–Crippen LogP) is 2.32. The van der Waals surface area contributed by atoms with Crippen LogP contribution >= 0.6 is 0 Å². The minimum atomic E-state index is -3.57. The van der Waals surface area contributed by atoms with Crippen molar-refractivity contribution in [2.45, 2.75) is 37.6 Å². The Labute approximate surface area is 148 Å². The van der Waals surface area contributed by atoms with Crippen LogP contribution in [0.25, 0.3) is 11.3 Å². The zero-order chi connectivity index (χ0) is 17.8. The van der Waals surface area contributed by atoms with Crippen LogP contribution in [0.4, 0.5) is 0 Å². The van der Waals surface area contributed by atoms with Crippen LogP contribution in [-0.2, 0) is 10.0 Å². The molecular formula is C18H23N3O3S. The Bertz CT molecular complexity index is 902. The zero-order valence-electron chi connectivity index (χ0n) is 14.5. The van der Waals surface area contributed by atoms with Gasteiger partial charge in [0, 0.05) is 30.8 Å². The molecule has 0 bridgehead atoms. The molecule has 1 aliphatic heterocycles. The van der Waals surface area contributed by atoms with Crippen molar-refractivity contribution in [3.63, 3.8) is 0 Å². The highest BCUT2D eigenvalue weighted by atomic mass is 32.2. The topological polar surface area (TPSA) is 89.4 Å². The third-order valence-corrected chi connectivity index (χ3v) is 7.30. The Kier molecular flexibility index (Phi) is 3.97. The molecule has 134 valence electrons. The molecule has 1 aliphatic carbocycles. The number of sulfonamides is 1. The Hall–Kier alpha value is -1.70. The lowest BCUT2D eigenvalue weighted by molar-refractivity contribution is 0.426. The van der Waals surface area contributed by atoms with Gasteiger partial charge in [-0.1, -0.05) is 17.3 Å². The van der Waals surface area contributed by atoms with E-state index in [0.29, 0.717) is 35.2 Å². The van der Waals surface area contributed by atoms with E-state index in [1.165, 1.54) is 12.8 Å². The van der Waals surface area contributed by atoms with Crippen molar-refractivity contribution in [2.75, 3.05) is 13.1 Å². The molecule has 0 amide bonds. The van der Waals surface area contributed by atoms with Crippen LogP contribution in [0.2, 0.25) is 0 Å². The van der Waals surface area contributed by atoms with Gasteiger partial charge in [-0.2, -0.15) is 4.31 Å². The molecule has 0 unspecified atom stereocenters. The minimum absolute atomic E-state index is 0.0670. The Morgan fingerprint density at radius 1 is 1.20 bits per heavy atom. The smallest absolute Gasteiger partial charge is 0.243 e. The summed E-state index contributed by atoms with van der Waals surface area (Å²) in [5, 5.41) is 3.88. The van der Waals surface area contributed by atoms with Crippen molar-refractivity contribution in [3.8, 4) is 11.3 Å². The van der Waals surface area contributed by atoms with E-state index in [-0.39, 0.29) is 12.0 Å². The average molecular weight is 361 g/mol. The number of nitrogens with zero attached hydrogens (tertiary/aromatic N) is 2. The molecule has 0 spiro atoms. The second-order valence-electron chi connectivity index (χ2n) is 7.30. The molecule has 25 heavy (non-hydrogen) atoms. The Morgan fingerprint density at radius 3 is 2.60 bits per heavy atom. The maximum Gasteiger partial charge on any atom is 0.243 e. The summed E-state index contributed by atoms with van der Waals surface area (Å²) in [7, 11) is -3.57. The van der Waals surface area contributed by atoms with Gasteiger partial charge < -0.3 is 10.3 Å². The molecule has 0 radical (unpaired) electrons. The summed E-state index contributed by atoms with van der Waals surface area (Å²) < 4.78 is 33.2. The van der Waals surface area contributed by atoms with Gasteiger partial charge in [0.25, 0.3) is 0 Å². The highest BCUT2D eigenvalue weighted by molar-refractivity contribution is 7.89. The molecule has 2 aliphatic rings. The lowest BCUT2D eigenvalue weighted by Gasteiger charge is -2.18. The first-order valence-corrected chi connectivity index (χ1v) is 10.1. The van der Waals surface area contributed by atoms with Crippen molar-refractivity contribution in [2.24, 2.45) is 17.6 Å². The second kappa shape index (κ2) is 5.93. The highest BCUT2D eigenvalue weighted by Crippen LogP contribution is 2.42. The van der Waals surface area contributed by atoms with Crippen molar-refractivity contribution in [3.05, 3.63) is 35.5 Å². The minimum Gasteiger partial charge on any atom is -0.356 e. The lowest BCUT2D eigenvalue weighted by atomic mass is 9.99. The maximum absolute atomic E-state index is 13.2. The molecule has 7 heteroatoms. The first-order valence-electron chi connectivity index (χ1n) is 8.66. The molecule has 2 aromatic rings. The molecule has 6 nitrogen and oxygen atoms in total. The van der Waals surface area contributed by atoms with E-state index in [9.17, 15) is 8.42 Å². The predicted molar refractivity (Wildman–Crippen MR) is 94.4 cm³/mol. The van der Waals surface area contributed by atoms with Gasteiger partial charge in [-0.3, -0.25) is 0 Å². The molecule has 2 N–H and O–H groups in total. The van der Waals surface area contributed by atoms with Crippen LogP contribution in [0.3, 0.4) is 0 Å². The summed E-state index contributed by atoms with van der Waals surface area (Å²) in [6, 6.07) is 7.09. The number of rotatable bonds is 4. The van der Waals surface area contributed by atoms with E-state index in [1.807, 2.05) is 26.0 Å². The first kappa shape index (κ1) is 16.8. The molecule has 1 saturated heterocycles. The van der Waals surface area contributed by atoms with Crippen LogP contribution in [0.15, 0.2) is 33.7 Å². The molecular weight excluding hydrogens is 338 g/mol. The highest BCUT2D eigenvalue weighted by Gasteiger charge is 2.44. The average Bonchev–Trinajstić information content (AvgIpc) is 3.19. The molecule has 1 aromatic heterocycles. The number of nitrogens with two attached hydrogens (primary N) is 1. The van der Waals surface area contributed by atoms with Crippen LogP contribution in [0, 0.1) is 25.7 Å².